The SMILES string of the molecule is [2H][C@@]1(OC(C)=O)[C@@H](CCNC(C)=O)O[C@@H]2OC(C)(C)O[C@@H]21. The van der Waals surface area contributed by atoms with Crippen LogP contribution in [0.1, 0.15) is 35.5 Å². The molecule has 0 aromatic heterocycles. The summed E-state index contributed by atoms with van der Waals surface area (Å²) in [6.07, 6.45) is -3.70. The molecule has 2 saturated heterocycles. The number of esters is 1. The first-order valence-electron chi connectivity index (χ1n) is 7.09. The normalized spacial score (nSPS) is 39.0. The maximum absolute atomic E-state index is 11.3. The maximum Gasteiger partial charge on any atom is 0.303 e. The number of rotatable bonds is 4. The van der Waals surface area contributed by atoms with Gasteiger partial charge in [0.25, 0.3) is 0 Å². The molecule has 0 aromatic carbocycles. The third-order valence-electron chi connectivity index (χ3n) is 3.00. The third kappa shape index (κ3) is 3.47. The van der Waals surface area contributed by atoms with E-state index < -0.39 is 36.3 Å². The smallest absolute Gasteiger partial charge is 0.303 e. The summed E-state index contributed by atoms with van der Waals surface area (Å²) >= 11 is 0. The number of carbonyl (C=O) groups excluding carboxylic acids is 2. The van der Waals surface area contributed by atoms with Crippen molar-refractivity contribution in [1.82, 2.24) is 5.32 Å². The van der Waals surface area contributed by atoms with Crippen molar-refractivity contribution in [3.8, 4) is 0 Å². The summed E-state index contributed by atoms with van der Waals surface area (Å²) < 4.78 is 30.5. The Labute approximate surface area is 119 Å². The van der Waals surface area contributed by atoms with E-state index in [1.165, 1.54) is 13.8 Å². The third-order valence-corrected chi connectivity index (χ3v) is 3.00. The van der Waals surface area contributed by atoms with Gasteiger partial charge >= 0.3 is 5.97 Å². The summed E-state index contributed by atoms with van der Waals surface area (Å²) in [5.74, 6) is -1.67. The lowest BCUT2D eigenvalue weighted by atomic mass is 10.1. The van der Waals surface area contributed by atoms with Crippen LogP contribution < -0.4 is 5.32 Å². The molecule has 2 fully saturated rings. The van der Waals surface area contributed by atoms with Gasteiger partial charge in [0.15, 0.2) is 24.3 Å². The molecular weight excluding hydrogens is 266 g/mol. The van der Waals surface area contributed by atoms with Crippen LogP contribution in [-0.4, -0.2) is 48.8 Å². The Balaban J connectivity index is 2.11. The van der Waals surface area contributed by atoms with Crippen molar-refractivity contribution in [3.05, 3.63) is 0 Å². The zero-order valence-electron chi connectivity index (χ0n) is 13.1. The summed E-state index contributed by atoms with van der Waals surface area (Å²) in [5, 5.41) is 2.62. The summed E-state index contributed by atoms with van der Waals surface area (Å²) in [4.78, 5) is 22.2. The highest BCUT2D eigenvalue weighted by Gasteiger charge is 2.56. The summed E-state index contributed by atoms with van der Waals surface area (Å²) in [7, 11) is 0. The monoisotopic (exact) mass is 288 g/mol. The van der Waals surface area contributed by atoms with Crippen molar-refractivity contribution in [2.75, 3.05) is 6.54 Å². The van der Waals surface area contributed by atoms with Crippen LogP contribution in [0.2, 0.25) is 0 Å². The van der Waals surface area contributed by atoms with Gasteiger partial charge in [-0.25, -0.2) is 0 Å². The topological polar surface area (TPSA) is 83.1 Å². The lowest BCUT2D eigenvalue weighted by Gasteiger charge is -2.25. The maximum atomic E-state index is 11.3. The molecule has 2 rings (SSSR count). The van der Waals surface area contributed by atoms with Gasteiger partial charge in [-0.1, -0.05) is 0 Å². The molecule has 0 radical (unpaired) electrons. The standard InChI is InChI=1S/C13H21NO6/c1-7(15)14-6-5-9-10(17-8(2)16)11-12(18-9)20-13(3,4)19-11/h9-12H,5-6H2,1-4H3,(H,14,15)/t9-,10-,11-,12-/m1/s1/i10D. The predicted octanol–water partition coefficient (Wildman–Crippen LogP) is 0.321. The van der Waals surface area contributed by atoms with Crippen LogP contribution in [0.4, 0.5) is 0 Å². The van der Waals surface area contributed by atoms with E-state index in [4.69, 9.17) is 20.3 Å². The molecule has 2 aliphatic rings. The molecule has 7 nitrogen and oxygen atoms in total. The lowest BCUT2D eigenvalue weighted by Crippen LogP contribution is -2.39. The molecule has 1 N–H and O–H groups in total. The zero-order chi connectivity index (χ0) is 15.8. The molecule has 4 atom stereocenters. The first-order chi connectivity index (χ1) is 9.64. The number of hydrogen-bond acceptors (Lipinski definition) is 6. The van der Waals surface area contributed by atoms with E-state index >= 15 is 0 Å². The molecule has 2 heterocycles. The average Bonchev–Trinajstić information content (AvgIpc) is 2.72. The Hall–Kier alpha value is -1.18. The van der Waals surface area contributed by atoms with Crippen molar-refractivity contribution in [2.45, 2.75) is 64.5 Å². The van der Waals surface area contributed by atoms with Gasteiger partial charge in [-0.05, 0) is 20.3 Å². The average molecular weight is 288 g/mol. The van der Waals surface area contributed by atoms with E-state index in [0.717, 1.165) is 0 Å². The number of fused-ring (bicyclic) bond motifs is 1. The Kier molecular flexibility index (Phi) is 3.91. The Morgan fingerprint density at radius 1 is 1.35 bits per heavy atom. The fourth-order valence-corrected chi connectivity index (χ4v) is 2.31. The number of amides is 1. The van der Waals surface area contributed by atoms with E-state index in [1.54, 1.807) is 13.8 Å². The number of hydrogen-bond donors (Lipinski definition) is 1. The highest BCUT2D eigenvalue weighted by Crippen LogP contribution is 2.39. The highest BCUT2D eigenvalue weighted by atomic mass is 16.8. The van der Waals surface area contributed by atoms with Crippen molar-refractivity contribution >= 4 is 11.9 Å². The zero-order valence-corrected chi connectivity index (χ0v) is 12.1. The number of nitrogens with one attached hydrogen (secondary N) is 1. The second-order valence-electron chi connectivity index (χ2n) is 5.32. The van der Waals surface area contributed by atoms with Crippen molar-refractivity contribution < 1.29 is 29.9 Å². The molecule has 2 aliphatic heterocycles. The molecule has 0 saturated carbocycles. The first-order valence-corrected chi connectivity index (χ1v) is 6.59. The van der Waals surface area contributed by atoms with Gasteiger partial charge in [0.1, 0.15) is 6.10 Å². The van der Waals surface area contributed by atoms with E-state index in [0.29, 0.717) is 13.0 Å². The summed E-state index contributed by atoms with van der Waals surface area (Å²) in [5.41, 5.74) is 0. The quantitative estimate of drug-likeness (QED) is 0.750. The fraction of sp³-hybridized carbons (Fsp3) is 0.846. The minimum atomic E-state index is -1.69. The van der Waals surface area contributed by atoms with E-state index in [2.05, 4.69) is 5.32 Å². The van der Waals surface area contributed by atoms with Crippen LogP contribution in [0, 0.1) is 0 Å². The van der Waals surface area contributed by atoms with Gasteiger partial charge < -0.3 is 24.3 Å². The highest BCUT2D eigenvalue weighted by molar-refractivity contribution is 5.72. The summed E-state index contributed by atoms with van der Waals surface area (Å²) in [6, 6.07) is 0. The summed E-state index contributed by atoms with van der Waals surface area (Å²) in [6.45, 7) is 6.35. The van der Waals surface area contributed by atoms with Gasteiger partial charge in [0.2, 0.25) is 5.91 Å². The number of ether oxygens (including phenoxy) is 4. The predicted molar refractivity (Wildman–Crippen MR) is 67.6 cm³/mol. The van der Waals surface area contributed by atoms with Gasteiger partial charge in [-0.2, -0.15) is 0 Å². The molecule has 0 spiro atoms. The van der Waals surface area contributed by atoms with E-state index in [-0.39, 0.29) is 5.91 Å². The van der Waals surface area contributed by atoms with Crippen molar-refractivity contribution in [3.63, 3.8) is 0 Å². The Bertz CT molecular complexity index is 442. The minimum Gasteiger partial charge on any atom is -0.457 e. The molecule has 0 aliphatic carbocycles. The second-order valence-corrected chi connectivity index (χ2v) is 5.32. The van der Waals surface area contributed by atoms with E-state index in [9.17, 15) is 9.59 Å². The minimum absolute atomic E-state index is 0.176. The van der Waals surface area contributed by atoms with Crippen LogP contribution in [0.5, 0.6) is 0 Å². The van der Waals surface area contributed by atoms with Crippen LogP contribution in [-0.2, 0) is 28.5 Å². The lowest BCUT2D eigenvalue weighted by molar-refractivity contribution is -0.218. The molecule has 7 heteroatoms. The first kappa shape index (κ1) is 13.8. The molecule has 20 heavy (non-hydrogen) atoms. The van der Waals surface area contributed by atoms with Gasteiger partial charge in [0.05, 0.1) is 1.37 Å². The molecule has 0 bridgehead atoms. The van der Waals surface area contributed by atoms with Gasteiger partial charge in [-0.15, -0.1) is 0 Å². The molecule has 0 aromatic rings. The van der Waals surface area contributed by atoms with Gasteiger partial charge in [-0.3, -0.25) is 9.59 Å². The van der Waals surface area contributed by atoms with Crippen LogP contribution in [0.25, 0.3) is 0 Å². The molecule has 1 amide bonds. The molecular formula is C13H21NO6. The largest absolute Gasteiger partial charge is 0.457 e. The number of carbonyl (C=O) groups is 2. The van der Waals surface area contributed by atoms with E-state index in [1.807, 2.05) is 0 Å². The fourth-order valence-electron chi connectivity index (χ4n) is 2.31. The van der Waals surface area contributed by atoms with Crippen molar-refractivity contribution in [2.24, 2.45) is 0 Å². The van der Waals surface area contributed by atoms with Crippen LogP contribution in [0.15, 0.2) is 0 Å². The molecule has 0 unspecified atom stereocenters. The van der Waals surface area contributed by atoms with Gasteiger partial charge in [0, 0.05) is 20.4 Å². The second kappa shape index (κ2) is 5.67. The molecule has 114 valence electrons. The van der Waals surface area contributed by atoms with Crippen LogP contribution in [0.3, 0.4) is 0 Å². The Morgan fingerprint density at radius 3 is 2.65 bits per heavy atom. The Morgan fingerprint density at radius 2 is 2.05 bits per heavy atom. The van der Waals surface area contributed by atoms with Crippen molar-refractivity contribution in [1.29, 1.82) is 0 Å². The van der Waals surface area contributed by atoms with Crippen LogP contribution >= 0.6 is 0 Å².